The van der Waals surface area contributed by atoms with Crippen LogP contribution in [0, 0.1) is 0 Å². The monoisotopic (exact) mass is 276 g/mol. The van der Waals surface area contributed by atoms with Crippen molar-refractivity contribution in [2.24, 2.45) is 0 Å². The van der Waals surface area contributed by atoms with Gasteiger partial charge in [-0.2, -0.15) is 0 Å². The summed E-state index contributed by atoms with van der Waals surface area (Å²) >= 11 is 0. The summed E-state index contributed by atoms with van der Waals surface area (Å²) in [5, 5.41) is 13.2. The Morgan fingerprint density at radius 2 is 2.05 bits per heavy atom. The lowest BCUT2D eigenvalue weighted by molar-refractivity contribution is -0.117. The third-order valence-corrected chi connectivity index (χ3v) is 3.12. The van der Waals surface area contributed by atoms with Crippen LogP contribution < -0.4 is 5.32 Å². The molecule has 1 heterocycles. The van der Waals surface area contributed by atoms with Crippen molar-refractivity contribution in [1.82, 2.24) is 10.3 Å². The molecule has 2 N–H and O–H groups in total. The van der Waals surface area contributed by atoms with Gasteiger partial charge in [-0.05, 0) is 31.1 Å². The van der Waals surface area contributed by atoms with Crippen LogP contribution in [0.25, 0.3) is 6.08 Å². The molecule has 4 nitrogen and oxygen atoms in total. The number of amides is 1. The van der Waals surface area contributed by atoms with E-state index in [1.165, 1.54) is 6.08 Å². The Balaban J connectivity index is 2.47. The van der Waals surface area contributed by atoms with E-state index in [0.29, 0.717) is 19.4 Å². The minimum absolute atomic E-state index is 0.207. The maximum absolute atomic E-state index is 11.7. The van der Waals surface area contributed by atoms with Crippen molar-refractivity contribution >= 4 is 12.0 Å². The van der Waals surface area contributed by atoms with E-state index >= 15 is 0 Å². The minimum atomic E-state index is -0.794. The van der Waals surface area contributed by atoms with Crippen LogP contribution in [-0.2, 0) is 4.79 Å². The molecule has 0 unspecified atom stereocenters. The fraction of sp³-hybridized carbons (Fsp3) is 0.500. The van der Waals surface area contributed by atoms with E-state index in [4.69, 9.17) is 0 Å². The van der Waals surface area contributed by atoms with Gasteiger partial charge in [-0.1, -0.05) is 32.8 Å². The summed E-state index contributed by atoms with van der Waals surface area (Å²) in [5.41, 5.74) is -0.0575. The van der Waals surface area contributed by atoms with E-state index in [1.54, 1.807) is 12.3 Å². The molecule has 1 amide bonds. The zero-order valence-electron chi connectivity index (χ0n) is 12.3. The van der Waals surface area contributed by atoms with Crippen molar-refractivity contribution in [1.29, 1.82) is 0 Å². The highest BCUT2D eigenvalue weighted by molar-refractivity contribution is 5.91. The van der Waals surface area contributed by atoms with Gasteiger partial charge in [-0.15, -0.1) is 0 Å². The molecule has 0 radical (unpaired) electrons. The highest BCUT2D eigenvalue weighted by Crippen LogP contribution is 2.18. The highest BCUT2D eigenvalue weighted by atomic mass is 16.3. The van der Waals surface area contributed by atoms with Gasteiger partial charge in [0.25, 0.3) is 0 Å². The number of rotatable bonds is 8. The fourth-order valence-electron chi connectivity index (χ4n) is 2.18. The average molecular weight is 276 g/mol. The molecular formula is C16H24N2O2. The zero-order valence-corrected chi connectivity index (χ0v) is 12.3. The minimum Gasteiger partial charge on any atom is -0.388 e. The van der Waals surface area contributed by atoms with Crippen molar-refractivity contribution in [3.63, 3.8) is 0 Å². The zero-order chi connectivity index (χ0) is 14.8. The molecule has 0 saturated heterocycles. The number of nitrogens with zero attached hydrogens (tertiary/aromatic N) is 1. The molecule has 0 bridgehead atoms. The number of carbonyl (C=O) groups excluding carboxylic acids is 1. The first kappa shape index (κ1) is 16.4. The Hall–Kier alpha value is -1.68. The molecule has 0 aliphatic rings. The van der Waals surface area contributed by atoms with Crippen molar-refractivity contribution in [2.75, 3.05) is 6.54 Å². The molecular weight excluding hydrogens is 252 g/mol. The summed E-state index contributed by atoms with van der Waals surface area (Å²) < 4.78 is 0. The maximum atomic E-state index is 11.7. The number of carbonyl (C=O) groups is 1. The van der Waals surface area contributed by atoms with Gasteiger partial charge in [-0.25, -0.2) is 0 Å². The molecule has 1 aromatic heterocycles. The lowest BCUT2D eigenvalue weighted by Crippen LogP contribution is -2.42. The number of pyridine rings is 1. The van der Waals surface area contributed by atoms with Crippen LogP contribution in [0.3, 0.4) is 0 Å². The summed E-state index contributed by atoms with van der Waals surface area (Å²) in [5.74, 6) is -0.207. The number of aromatic nitrogens is 1. The summed E-state index contributed by atoms with van der Waals surface area (Å²) in [6.07, 6.45) is 7.98. The molecule has 0 fully saturated rings. The SMILES string of the molecule is CCCC(O)(CCC)CNC(=O)/C=C/c1ccccn1. The van der Waals surface area contributed by atoms with Crippen LogP contribution >= 0.6 is 0 Å². The van der Waals surface area contributed by atoms with E-state index < -0.39 is 5.60 Å². The molecule has 1 aromatic rings. The molecule has 1 rings (SSSR count). The molecule has 110 valence electrons. The molecule has 0 saturated carbocycles. The fourth-order valence-corrected chi connectivity index (χ4v) is 2.18. The van der Waals surface area contributed by atoms with Gasteiger partial charge in [0.2, 0.25) is 5.91 Å². The molecule has 0 aromatic carbocycles. The quantitative estimate of drug-likeness (QED) is 0.717. The molecule has 0 aliphatic carbocycles. The van der Waals surface area contributed by atoms with Gasteiger partial charge < -0.3 is 10.4 Å². The second-order valence-corrected chi connectivity index (χ2v) is 5.03. The lowest BCUT2D eigenvalue weighted by Gasteiger charge is -2.27. The van der Waals surface area contributed by atoms with E-state index in [0.717, 1.165) is 18.5 Å². The third-order valence-electron chi connectivity index (χ3n) is 3.12. The third kappa shape index (κ3) is 5.97. The van der Waals surface area contributed by atoms with Crippen molar-refractivity contribution in [2.45, 2.75) is 45.1 Å². The first-order valence-electron chi connectivity index (χ1n) is 7.19. The second kappa shape index (κ2) is 8.48. The Morgan fingerprint density at radius 3 is 2.60 bits per heavy atom. The summed E-state index contributed by atoms with van der Waals surface area (Å²) in [7, 11) is 0. The van der Waals surface area contributed by atoms with Crippen LogP contribution in [0.1, 0.15) is 45.2 Å². The summed E-state index contributed by atoms with van der Waals surface area (Å²) in [6, 6.07) is 5.52. The number of hydrogen-bond donors (Lipinski definition) is 2. The van der Waals surface area contributed by atoms with Gasteiger partial charge in [0.05, 0.1) is 11.3 Å². The van der Waals surface area contributed by atoms with Gasteiger partial charge in [0, 0.05) is 18.8 Å². The Morgan fingerprint density at radius 1 is 1.35 bits per heavy atom. The van der Waals surface area contributed by atoms with Gasteiger partial charge >= 0.3 is 0 Å². The van der Waals surface area contributed by atoms with Crippen LogP contribution in [0.4, 0.5) is 0 Å². The normalized spacial score (nSPS) is 11.8. The Bertz CT molecular complexity index is 423. The Labute approximate surface area is 120 Å². The highest BCUT2D eigenvalue weighted by Gasteiger charge is 2.24. The van der Waals surface area contributed by atoms with Gasteiger partial charge in [0.15, 0.2) is 0 Å². The molecule has 0 spiro atoms. The summed E-state index contributed by atoms with van der Waals surface area (Å²) in [6.45, 7) is 4.35. The molecule has 20 heavy (non-hydrogen) atoms. The smallest absolute Gasteiger partial charge is 0.244 e. The predicted molar refractivity (Wildman–Crippen MR) is 81.0 cm³/mol. The lowest BCUT2D eigenvalue weighted by atomic mass is 9.92. The van der Waals surface area contributed by atoms with Crippen LogP contribution in [0.15, 0.2) is 30.5 Å². The van der Waals surface area contributed by atoms with E-state index in [1.807, 2.05) is 32.0 Å². The predicted octanol–water partition coefficient (Wildman–Crippen LogP) is 2.54. The summed E-state index contributed by atoms with van der Waals surface area (Å²) in [4.78, 5) is 15.8. The first-order valence-corrected chi connectivity index (χ1v) is 7.19. The standard InChI is InChI=1S/C16H24N2O2/c1-3-10-16(20,11-4-2)13-18-15(19)9-8-14-7-5-6-12-17-14/h5-9,12,20H,3-4,10-11,13H2,1-2H3,(H,18,19)/b9-8+. The van der Waals surface area contributed by atoms with Crippen LogP contribution in [0.5, 0.6) is 0 Å². The van der Waals surface area contributed by atoms with Crippen molar-refractivity contribution < 1.29 is 9.90 Å². The second-order valence-electron chi connectivity index (χ2n) is 5.03. The van der Waals surface area contributed by atoms with Gasteiger partial charge in [0.1, 0.15) is 0 Å². The largest absolute Gasteiger partial charge is 0.388 e. The number of aliphatic hydroxyl groups is 1. The van der Waals surface area contributed by atoms with E-state index in [-0.39, 0.29) is 5.91 Å². The van der Waals surface area contributed by atoms with E-state index in [9.17, 15) is 9.90 Å². The maximum Gasteiger partial charge on any atom is 0.244 e. The molecule has 0 aliphatic heterocycles. The van der Waals surface area contributed by atoms with Crippen LogP contribution in [0.2, 0.25) is 0 Å². The topological polar surface area (TPSA) is 62.2 Å². The van der Waals surface area contributed by atoms with Crippen molar-refractivity contribution in [3.05, 3.63) is 36.2 Å². The van der Waals surface area contributed by atoms with E-state index in [2.05, 4.69) is 10.3 Å². The van der Waals surface area contributed by atoms with Gasteiger partial charge in [-0.3, -0.25) is 9.78 Å². The molecule has 0 atom stereocenters. The Kier molecular flexibility index (Phi) is 6.94. The average Bonchev–Trinajstić information content (AvgIpc) is 2.45. The van der Waals surface area contributed by atoms with Crippen molar-refractivity contribution in [3.8, 4) is 0 Å². The first-order chi connectivity index (χ1) is 9.59. The number of nitrogens with one attached hydrogen (secondary N) is 1. The van der Waals surface area contributed by atoms with Crippen LogP contribution in [-0.4, -0.2) is 28.1 Å². The number of hydrogen-bond acceptors (Lipinski definition) is 3. The molecule has 4 heteroatoms.